The van der Waals surface area contributed by atoms with Gasteiger partial charge in [0.2, 0.25) is 0 Å². The van der Waals surface area contributed by atoms with Crippen LogP contribution in [0.5, 0.6) is 0 Å². The lowest BCUT2D eigenvalue weighted by atomic mass is 10.0. The van der Waals surface area contributed by atoms with Crippen LogP contribution in [0.4, 0.5) is 0 Å². The lowest BCUT2D eigenvalue weighted by Crippen LogP contribution is -2.29. The smallest absolute Gasteiger partial charge is 0.462 e. The number of rotatable bonds is 48. The lowest BCUT2D eigenvalue weighted by molar-refractivity contribution is -0.161. The Hall–Kier alpha value is -3.07. The summed E-state index contributed by atoms with van der Waals surface area (Å²) in [6.07, 6.45) is 67.4. The molecule has 0 fully saturated rings. The Labute approximate surface area is 404 Å². The van der Waals surface area contributed by atoms with E-state index in [0.29, 0.717) is 12.8 Å². The van der Waals surface area contributed by atoms with Crippen LogP contribution < -0.4 is 5.73 Å². The molecule has 2 atom stereocenters. The van der Waals surface area contributed by atoms with Crippen molar-refractivity contribution < 1.29 is 37.6 Å². The summed E-state index contributed by atoms with van der Waals surface area (Å²) < 4.78 is 32.9. The second-order valence-corrected chi connectivity index (χ2v) is 18.5. The average Bonchev–Trinajstić information content (AvgIpc) is 3.31. The molecule has 378 valence electrons. The highest BCUT2D eigenvalue weighted by Crippen LogP contribution is 2.43. The second kappa shape index (κ2) is 51.3. The van der Waals surface area contributed by atoms with Crippen LogP contribution in [0.1, 0.15) is 213 Å². The summed E-state index contributed by atoms with van der Waals surface area (Å²) in [4.78, 5) is 35.0. The number of carbonyl (C=O) groups is 2. The molecule has 0 spiro atoms. The van der Waals surface area contributed by atoms with Crippen molar-refractivity contribution in [2.45, 2.75) is 219 Å². The van der Waals surface area contributed by atoms with Gasteiger partial charge in [0.1, 0.15) is 6.61 Å². The highest BCUT2D eigenvalue weighted by atomic mass is 31.2. The van der Waals surface area contributed by atoms with Gasteiger partial charge in [0.15, 0.2) is 6.10 Å². The maximum atomic E-state index is 12.7. The molecule has 0 aliphatic rings. The summed E-state index contributed by atoms with van der Waals surface area (Å²) in [6.45, 7) is 3.56. The van der Waals surface area contributed by atoms with E-state index in [2.05, 4.69) is 111 Å². The molecule has 0 radical (unpaired) electrons. The van der Waals surface area contributed by atoms with Crippen LogP contribution in [0.15, 0.2) is 97.2 Å². The van der Waals surface area contributed by atoms with Crippen LogP contribution in [0.2, 0.25) is 0 Å². The van der Waals surface area contributed by atoms with Crippen LogP contribution in [-0.4, -0.2) is 49.3 Å². The third kappa shape index (κ3) is 50.3. The molecule has 0 aromatic heterocycles. The molecule has 0 aliphatic heterocycles. The normalized spacial score (nSPS) is 13.9. The molecule has 66 heavy (non-hydrogen) atoms. The lowest BCUT2D eigenvalue weighted by Gasteiger charge is -2.19. The van der Waals surface area contributed by atoms with Crippen molar-refractivity contribution >= 4 is 19.8 Å². The Morgan fingerprint density at radius 3 is 1.24 bits per heavy atom. The average molecular weight is 942 g/mol. The van der Waals surface area contributed by atoms with Gasteiger partial charge in [-0.3, -0.25) is 18.6 Å². The number of hydrogen-bond donors (Lipinski definition) is 2. The van der Waals surface area contributed by atoms with Gasteiger partial charge >= 0.3 is 19.8 Å². The van der Waals surface area contributed by atoms with Gasteiger partial charge in [0.25, 0.3) is 0 Å². The number of phosphoric acid groups is 1. The van der Waals surface area contributed by atoms with E-state index in [1.54, 1.807) is 0 Å². The SMILES string of the molecule is CC/C=C\C/C=C\C/C=C\C/C=C\C/C=C\C/C=C\CCCCCCCCCCCCCCC(=O)OC(COC(=O)CCCCCCC/C=C\C/C=C\CCCC)COP(=O)(O)OCCN. The molecule has 0 aliphatic carbocycles. The molecule has 0 aromatic rings. The monoisotopic (exact) mass is 942 g/mol. The van der Waals surface area contributed by atoms with Gasteiger partial charge < -0.3 is 20.1 Å². The number of esters is 2. The first kappa shape index (κ1) is 62.9. The maximum Gasteiger partial charge on any atom is 0.472 e. The molecule has 0 rings (SSSR count). The van der Waals surface area contributed by atoms with Gasteiger partial charge in [0.05, 0.1) is 13.2 Å². The summed E-state index contributed by atoms with van der Waals surface area (Å²) in [7, 11) is -4.39. The van der Waals surface area contributed by atoms with Crippen molar-refractivity contribution in [1.82, 2.24) is 0 Å². The fourth-order valence-corrected chi connectivity index (χ4v) is 7.60. The number of ether oxygens (including phenoxy) is 2. The minimum Gasteiger partial charge on any atom is -0.462 e. The van der Waals surface area contributed by atoms with E-state index in [1.807, 2.05) is 0 Å². The third-order valence-electron chi connectivity index (χ3n) is 10.7. The molecule has 0 saturated heterocycles. The summed E-state index contributed by atoms with van der Waals surface area (Å²) in [6, 6.07) is 0. The van der Waals surface area contributed by atoms with Crippen molar-refractivity contribution in [2.75, 3.05) is 26.4 Å². The Morgan fingerprint density at radius 1 is 0.470 bits per heavy atom. The van der Waals surface area contributed by atoms with Crippen molar-refractivity contribution in [2.24, 2.45) is 5.73 Å². The van der Waals surface area contributed by atoms with Crippen molar-refractivity contribution in [1.29, 1.82) is 0 Å². The van der Waals surface area contributed by atoms with Crippen LogP contribution in [0.3, 0.4) is 0 Å². The fraction of sp³-hybridized carbons (Fsp3) is 0.679. The predicted octanol–water partition coefficient (Wildman–Crippen LogP) is 16.1. The summed E-state index contributed by atoms with van der Waals surface area (Å²) >= 11 is 0. The quantitative estimate of drug-likeness (QED) is 0.0265. The zero-order valence-corrected chi connectivity index (χ0v) is 42.8. The van der Waals surface area contributed by atoms with Crippen LogP contribution >= 0.6 is 7.82 Å². The first-order chi connectivity index (χ1) is 32.3. The molecule has 0 bridgehead atoms. The zero-order valence-electron chi connectivity index (χ0n) is 41.9. The molecule has 0 saturated carbocycles. The number of nitrogens with two attached hydrogens (primary N) is 1. The Kier molecular flexibility index (Phi) is 48.9. The highest BCUT2D eigenvalue weighted by molar-refractivity contribution is 7.47. The summed E-state index contributed by atoms with van der Waals surface area (Å²) in [5.41, 5.74) is 5.36. The molecule has 10 heteroatoms. The van der Waals surface area contributed by atoms with E-state index in [1.165, 1.54) is 70.6 Å². The van der Waals surface area contributed by atoms with Crippen molar-refractivity contribution in [3.63, 3.8) is 0 Å². The number of hydrogen-bond acceptors (Lipinski definition) is 8. The first-order valence-electron chi connectivity index (χ1n) is 26.2. The number of phosphoric ester groups is 1. The summed E-state index contributed by atoms with van der Waals surface area (Å²) in [5.74, 6) is -0.851. The van der Waals surface area contributed by atoms with Gasteiger partial charge in [0, 0.05) is 19.4 Å². The van der Waals surface area contributed by atoms with E-state index in [4.69, 9.17) is 24.3 Å². The van der Waals surface area contributed by atoms with Crippen molar-refractivity contribution in [3.8, 4) is 0 Å². The molecule has 9 nitrogen and oxygen atoms in total. The molecular weight excluding hydrogens is 846 g/mol. The molecule has 2 unspecified atom stereocenters. The van der Waals surface area contributed by atoms with E-state index in [9.17, 15) is 19.0 Å². The van der Waals surface area contributed by atoms with Crippen molar-refractivity contribution in [3.05, 3.63) is 97.2 Å². The van der Waals surface area contributed by atoms with Crippen LogP contribution in [0, 0.1) is 0 Å². The van der Waals surface area contributed by atoms with Gasteiger partial charge in [-0.05, 0) is 89.9 Å². The maximum absolute atomic E-state index is 12.7. The Balaban J connectivity index is 4.00. The Bertz CT molecular complexity index is 1400. The zero-order chi connectivity index (χ0) is 48.1. The topological polar surface area (TPSA) is 134 Å². The van der Waals surface area contributed by atoms with E-state index >= 15 is 0 Å². The largest absolute Gasteiger partial charge is 0.472 e. The highest BCUT2D eigenvalue weighted by Gasteiger charge is 2.26. The first-order valence-corrected chi connectivity index (χ1v) is 27.7. The van der Waals surface area contributed by atoms with Crippen LogP contribution in [0.25, 0.3) is 0 Å². The third-order valence-corrected chi connectivity index (χ3v) is 11.7. The van der Waals surface area contributed by atoms with E-state index in [0.717, 1.165) is 103 Å². The number of allylic oxidation sites excluding steroid dienone is 16. The number of unbranched alkanes of at least 4 members (excludes halogenated alkanes) is 19. The standard InChI is InChI=1S/C56H96NO8P/c1-3-5-7-9-11-13-15-17-19-20-21-22-23-24-25-26-27-28-29-30-31-32-33-34-35-37-39-41-43-45-47-49-56(59)65-54(53-64-66(60,61)63-51-50-57)52-62-55(58)48-46-44-42-40-38-36-18-16-14-12-10-8-6-4-2/h5,7,10-13,16-19,21-22,24-25,27-28,54H,3-4,6,8-9,14-15,20,23,26,29-53,57H2,1-2H3,(H,60,61)/b7-5-,12-10-,13-11-,18-16-,19-17-,22-21-,25-24-,28-27-. The molecule has 0 amide bonds. The number of carbonyl (C=O) groups excluding carboxylic acids is 2. The van der Waals surface area contributed by atoms with E-state index < -0.39 is 32.5 Å². The van der Waals surface area contributed by atoms with Crippen LogP contribution in [-0.2, 0) is 32.7 Å². The molecule has 0 heterocycles. The van der Waals surface area contributed by atoms with Gasteiger partial charge in [-0.1, -0.05) is 207 Å². The predicted molar refractivity (Wildman–Crippen MR) is 279 cm³/mol. The fourth-order valence-electron chi connectivity index (χ4n) is 6.83. The molecule has 0 aromatic carbocycles. The van der Waals surface area contributed by atoms with E-state index in [-0.39, 0.29) is 32.6 Å². The van der Waals surface area contributed by atoms with Gasteiger partial charge in [-0.25, -0.2) is 4.57 Å². The van der Waals surface area contributed by atoms with Gasteiger partial charge in [-0.2, -0.15) is 0 Å². The molecular formula is C56H96NO8P. The minimum atomic E-state index is -4.39. The van der Waals surface area contributed by atoms with Gasteiger partial charge in [-0.15, -0.1) is 0 Å². The molecule has 3 N–H and O–H groups in total. The minimum absolute atomic E-state index is 0.0470. The summed E-state index contributed by atoms with van der Waals surface area (Å²) in [5, 5.41) is 0. The second-order valence-electron chi connectivity index (χ2n) is 17.0. The Morgan fingerprint density at radius 2 is 0.833 bits per heavy atom.